The molecule has 7 nitrogen and oxygen atoms in total. The highest BCUT2D eigenvalue weighted by molar-refractivity contribution is 5.84. The van der Waals surface area contributed by atoms with Crippen molar-refractivity contribution in [3.8, 4) is 22.4 Å². The van der Waals surface area contributed by atoms with E-state index in [1.807, 2.05) is 36.8 Å². The Morgan fingerprint density at radius 1 is 0.857 bits per heavy atom. The maximum atomic E-state index is 6.15. The Balaban J connectivity index is 1.48. The first-order chi connectivity index (χ1) is 13.8. The molecule has 7 heteroatoms. The largest absolute Gasteiger partial charge is 0.382 e. The number of pyridine rings is 2. The summed E-state index contributed by atoms with van der Waals surface area (Å²) in [4.78, 5) is 16.0. The second-order valence-corrected chi connectivity index (χ2v) is 7.04. The van der Waals surface area contributed by atoms with Gasteiger partial charge >= 0.3 is 0 Å². The Morgan fingerprint density at radius 3 is 2.46 bits per heavy atom. The third-order valence-corrected chi connectivity index (χ3v) is 5.18. The van der Waals surface area contributed by atoms with Gasteiger partial charge in [0, 0.05) is 49.0 Å². The molecule has 0 atom stereocenters. The number of fused-ring (bicyclic) bond motifs is 1. The van der Waals surface area contributed by atoms with Crippen LogP contribution in [0.1, 0.15) is 19.3 Å². The van der Waals surface area contributed by atoms with E-state index in [-0.39, 0.29) is 0 Å². The summed E-state index contributed by atoms with van der Waals surface area (Å²) in [5.41, 5.74) is 10.3. The number of piperidine rings is 1. The summed E-state index contributed by atoms with van der Waals surface area (Å²) in [7, 11) is 0. The summed E-state index contributed by atoms with van der Waals surface area (Å²) in [5, 5.41) is 4.43. The van der Waals surface area contributed by atoms with Crippen LogP contribution in [0.5, 0.6) is 0 Å². The van der Waals surface area contributed by atoms with E-state index in [2.05, 4.69) is 37.1 Å². The van der Waals surface area contributed by atoms with Crippen LogP contribution in [-0.4, -0.2) is 37.7 Å². The summed E-state index contributed by atoms with van der Waals surface area (Å²) in [6, 6.07) is 9.88. The topological polar surface area (TPSA) is 85.2 Å². The van der Waals surface area contributed by atoms with Gasteiger partial charge in [0.15, 0.2) is 11.5 Å². The lowest BCUT2D eigenvalue weighted by molar-refractivity contribution is 0.573. The van der Waals surface area contributed by atoms with Gasteiger partial charge in [-0.15, -0.1) is 5.10 Å². The van der Waals surface area contributed by atoms with Crippen LogP contribution in [-0.2, 0) is 0 Å². The van der Waals surface area contributed by atoms with Crippen LogP contribution < -0.4 is 10.6 Å². The molecule has 0 bridgehead atoms. The molecule has 1 fully saturated rings. The second-order valence-electron chi connectivity index (χ2n) is 7.04. The third kappa shape index (κ3) is 2.94. The van der Waals surface area contributed by atoms with E-state index in [1.54, 1.807) is 10.7 Å². The molecule has 140 valence electrons. The molecule has 28 heavy (non-hydrogen) atoms. The maximum absolute atomic E-state index is 6.15. The van der Waals surface area contributed by atoms with E-state index in [1.165, 1.54) is 19.3 Å². The Bertz CT molecular complexity index is 1100. The van der Waals surface area contributed by atoms with Crippen molar-refractivity contribution >= 4 is 17.3 Å². The van der Waals surface area contributed by atoms with Gasteiger partial charge in [-0.3, -0.25) is 4.98 Å². The summed E-state index contributed by atoms with van der Waals surface area (Å²) in [6.45, 7) is 2.17. The fourth-order valence-corrected chi connectivity index (χ4v) is 3.72. The van der Waals surface area contributed by atoms with Crippen molar-refractivity contribution < 1.29 is 0 Å². The smallest absolute Gasteiger partial charge is 0.166 e. The Morgan fingerprint density at radius 2 is 1.71 bits per heavy atom. The van der Waals surface area contributed by atoms with Gasteiger partial charge in [0.2, 0.25) is 0 Å². The van der Waals surface area contributed by atoms with E-state index in [9.17, 15) is 0 Å². The van der Waals surface area contributed by atoms with Crippen molar-refractivity contribution in [2.24, 2.45) is 0 Å². The molecule has 2 N–H and O–H groups in total. The molecule has 0 amide bonds. The summed E-state index contributed by atoms with van der Waals surface area (Å²) < 4.78 is 1.72. The number of hydrogen-bond donors (Lipinski definition) is 1. The van der Waals surface area contributed by atoms with Crippen molar-refractivity contribution in [1.82, 2.24) is 24.6 Å². The lowest BCUT2D eigenvalue weighted by Crippen LogP contribution is -2.29. The van der Waals surface area contributed by atoms with Gasteiger partial charge in [-0.05, 0) is 43.5 Å². The first-order valence-electron chi connectivity index (χ1n) is 9.56. The van der Waals surface area contributed by atoms with Crippen molar-refractivity contribution in [3.05, 3.63) is 55.1 Å². The number of aromatic nitrogens is 5. The highest BCUT2D eigenvalue weighted by Crippen LogP contribution is 2.29. The average Bonchev–Trinajstić information content (AvgIpc) is 3.10. The molecule has 5 rings (SSSR count). The number of hydrogen-bond acceptors (Lipinski definition) is 6. The lowest BCUT2D eigenvalue weighted by atomic mass is 10.1. The van der Waals surface area contributed by atoms with E-state index in [4.69, 9.17) is 5.73 Å². The fourth-order valence-electron chi connectivity index (χ4n) is 3.72. The number of nitrogens with two attached hydrogens (primary N) is 1. The van der Waals surface area contributed by atoms with E-state index >= 15 is 0 Å². The minimum Gasteiger partial charge on any atom is -0.382 e. The fraction of sp³-hybridized carbons (Fsp3) is 0.238. The molecular formula is C21H21N7. The van der Waals surface area contributed by atoms with Gasteiger partial charge in [-0.1, -0.05) is 6.07 Å². The van der Waals surface area contributed by atoms with Gasteiger partial charge in [-0.2, -0.15) is 0 Å². The zero-order chi connectivity index (χ0) is 18.9. The second kappa shape index (κ2) is 6.92. The highest BCUT2D eigenvalue weighted by atomic mass is 15.3. The number of nitrogen functional groups attached to an aromatic ring is 1. The predicted molar refractivity (Wildman–Crippen MR) is 110 cm³/mol. The minimum absolute atomic E-state index is 0.418. The zero-order valence-electron chi connectivity index (χ0n) is 15.5. The first kappa shape index (κ1) is 16.7. The molecule has 0 spiro atoms. The van der Waals surface area contributed by atoms with Crippen LogP contribution >= 0.6 is 0 Å². The summed E-state index contributed by atoms with van der Waals surface area (Å²) in [6.07, 6.45) is 11.2. The van der Waals surface area contributed by atoms with Crippen molar-refractivity contribution in [1.29, 1.82) is 0 Å². The van der Waals surface area contributed by atoms with Gasteiger partial charge < -0.3 is 10.6 Å². The Kier molecular flexibility index (Phi) is 4.12. The van der Waals surface area contributed by atoms with Crippen LogP contribution in [0.2, 0.25) is 0 Å². The van der Waals surface area contributed by atoms with E-state index < -0.39 is 0 Å². The van der Waals surface area contributed by atoms with Crippen LogP contribution in [0.3, 0.4) is 0 Å². The molecule has 4 aromatic rings. The monoisotopic (exact) mass is 371 g/mol. The molecule has 1 aliphatic rings. The van der Waals surface area contributed by atoms with Crippen molar-refractivity contribution in [3.63, 3.8) is 0 Å². The predicted octanol–water partition coefficient (Wildman–Crippen LogP) is 3.43. The molecular weight excluding hydrogens is 350 g/mol. The van der Waals surface area contributed by atoms with Crippen molar-refractivity contribution in [2.75, 3.05) is 23.7 Å². The molecule has 0 aromatic carbocycles. The third-order valence-electron chi connectivity index (χ3n) is 5.18. The minimum atomic E-state index is 0.418. The SMILES string of the molecule is Nc1nn2cc(-c3ccc(N4CCCCC4)nc3)cnc2c1-c1ccccn1. The molecule has 4 aromatic heterocycles. The average molecular weight is 371 g/mol. The van der Waals surface area contributed by atoms with Crippen LogP contribution in [0.4, 0.5) is 11.6 Å². The molecule has 0 aliphatic carbocycles. The molecule has 1 saturated heterocycles. The summed E-state index contributed by atoms with van der Waals surface area (Å²) >= 11 is 0. The number of anilines is 2. The number of nitrogens with zero attached hydrogens (tertiary/aromatic N) is 6. The maximum Gasteiger partial charge on any atom is 0.166 e. The molecule has 1 aliphatic heterocycles. The van der Waals surface area contributed by atoms with Gasteiger partial charge in [0.05, 0.1) is 11.3 Å². The lowest BCUT2D eigenvalue weighted by Gasteiger charge is -2.27. The van der Waals surface area contributed by atoms with Crippen LogP contribution in [0, 0.1) is 0 Å². The highest BCUT2D eigenvalue weighted by Gasteiger charge is 2.16. The Labute approximate surface area is 162 Å². The Hall–Kier alpha value is -3.48. The molecule has 5 heterocycles. The first-order valence-corrected chi connectivity index (χ1v) is 9.56. The van der Waals surface area contributed by atoms with Crippen LogP contribution in [0.15, 0.2) is 55.1 Å². The van der Waals surface area contributed by atoms with Gasteiger partial charge in [-0.25, -0.2) is 14.5 Å². The molecule has 0 unspecified atom stereocenters. The van der Waals surface area contributed by atoms with Gasteiger partial charge in [0.25, 0.3) is 0 Å². The standard InChI is InChI=1S/C21H21N7/c22-20-19(17-6-2-3-9-23-17)21-25-13-16(14-28(21)26-20)15-7-8-18(24-12-15)27-10-4-1-5-11-27/h2-3,6-9,12-14H,1,4-5,10-11H2,(H2,22,26). The summed E-state index contributed by atoms with van der Waals surface area (Å²) in [5.74, 6) is 1.46. The molecule has 0 radical (unpaired) electrons. The van der Waals surface area contributed by atoms with Crippen LogP contribution in [0.25, 0.3) is 28.0 Å². The van der Waals surface area contributed by atoms with E-state index in [0.29, 0.717) is 11.5 Å². The quantitative estimate of drug-likeness (QED) is 0.594. The van der Waals surface area contributed by atoms with Gasteiger partial charge in [0.1, 0.15) is 5.82 Å². The number of rotatable bonds is 3. The van der Waals surface area contributed by atoms with Crippen molar-refractivity contribution in [2.45, 2.75) is 19.3 Å². The molecule has 0 saturated carbocycles. The zero-order valence-corrected chi connectivity index (χ0v) is 15.5. The normalized spacial score (nSPS) is 14.5. The van der Waals surface area contributed by atoms with E-state index in [0.717, 1.165) is 41.3 Å².